The number of benzene rings is 1. The van der Waals surface area contributed by atoms with Gasteiger partial charge in [0.1, 0.15) is 0 Å². The molecule has 2 aromatic heterocycles. The number of fused-ring (bicyclic) bond motifs is 1. The molecule has 0 bridgehead atoms. The molecule has 3 aromatic rings. The molecular formula is C13H8ClN3O2. The SMILES string of the molecule is O=C(O)c1ccn(-c2ccc(Cl)c3cccnc23)n1. The van der Waals surface area contributed by atoms with Crippen molar-refractivity contribution in [3.8, 4) is 5.69 Å². The quantitative estimate of drug-likeness (QED) is 0.779. The van der Waals surface area contributed by atoms with Crippen LogP contribution in [0.5, 0.6) is 0 Å². The van der Waals surface area contributed by atoms with Gasteiger partial charge >= 0.3 is 5.97 Å². The summed E-state index contributed by atoms with van der Waals surface area (Å²) in [6.07, 6.45) is 3.24. The molecule has 3 rings (SSSR count). The third-order valence-electron chi connectivity index (χ3n) is 2.75. The van der Waals surface area contributed by atoms with Gasteiger partial charge in [-0.05, 0) is 30.3 Å². The third kappa shape index (κ3) is 1.94. The second-order valence-electron chi connectivity index (χ2n) is 3.92. The standard InChI is InChI=1S/C13H8ClN3O2/c14-9-3-4-11(12-8(9)2-1-6-15-12)17-7-5-10(16-17)13(18)19/h1-7H,(H,18,19). The zero-order valence-electron chi connectivity index (χ0n) is 9.62. The molecular weight excluding hydrogens is 266 g/mol. The predicted molar refractivity (Wildman–Crippen MR) is 70.8 cm³/mol. The van der Waals surface area contributed by atoms with Crippen molar-refractivity contribution in [3.05, 3.63) is 53.4 Å². The summed E-state index contributed by atoms with van der Waals surface area (Å²) >= 11 is 6.11. The van der Waals surface area contributed by atoms with E-state index in [-0.39, 0.29) is 5.69 Å². The number of carbonyl (C=O) groups is 1. The van der Waals surface area contributed by atoms with Gasteiger partial charge in [0.2, 0.25) is 0 Å². The summed E-state index contributed by atoms with van der Waals surface area (Å²) in [4.78, 5) is 15.1. The highest BCUT2D eigenvalue weighted by Gasteiger charge is 2.11. The number of halogens is 1. The van der Waals surface area contributed by atoms with E-state index in [2.05, 4.69) is 10.1 Å². The minimum atomic E-state index is -1.06. The predicted octanol–water partition coefficient (Wildman–Crippen LogP) is 2.77. The molecule has 0 amide bonds. The van der Waals surface area contributed by atoms with Gasteiger partial charge in [0.25, 0.3) is 0 Å². The molecule has 0 unspecified atom stereocenters. The van der Waals surface area contributed by atoms with Gasteiger partial charge in [0.05, 0.1) is 16.2 Å². The van der Waals surface area contributed by atoms with E-state index in [9.17, 15) is 4.79 Å². The summed E-state index contributed by atoms with van der Waals surface area (Å²) in [5.74, 6) is -1.06. The largest absolute Gasteiger partial charge is 0.476 e. The van der Waals surface area contributed by atoms with E-state index in [1.54, 1.807) is 30.6 Å². The molecule has 0 fully saturated rings. The fourth-order valence-corrected chi connectivity index (χ4v) is 2.10. The van der Waals surface area contributed by atoms with E-state index in [4.69, 9.17) is 16.7 Å². The summed E-state index contributed by atoms with van der Waals surface area (Å²) in [7, 11) is 0. The van der Waals surface area contributed by atoms with Crippen molar-refractivity contribution >= 4 is 28.5 Å². The molecule has 0 aliphatic heterocycles. The van der Waals surface area contributed by atoms with Crippen LogP contribution in [0.1, 0.15) is 10.5 Å². The average molecular weight is 274 g/mol. The van der Waals surface area contributed by atoms with Crippen molar-refractivity contribution < 1.29 is 9.90 Å². The molecule has 0 aliphatic carbocycles. The Kier molecular flexibility index (Phi) is 2.68. The van der Waals surface area contributed by atoms with Crippen LogP contribution in [0, 0.1) is 0 Å². The van der Waals surface area contributed by atoms with E-state index in [0.717, 1.165) is 5.39 Å². The Morgan fingerprint density at radius 2 is 2.11 bits per heavy atom. The number of hydrogen-bond acceptors (Lipinski definition) is 3. The van der Waals surface area contributed by atoms with Crippen molar-refractivity contribution in [1.82, 2.24) is 14.8 Å². The number of aromatic nitrogens is 3. The fraction of sp³-hybridized carbons (Fsp3) is 0. The maximum absolute atomic E-state index is 10.9. The zero-order valence-corrected chi connectivity index (χ0v) is 10.4. The first-order chi connectivity index (χ1) is 9.16. The Morgan fingerprint density at radius 1 is 1.26 bits per heavy atom. The van der Waals surface area contributed by atoms with E-state index in [1.165, 1.54) is 10.7 Å². The molecule has 1 aromatic carbocycles. The molecule has 0 spiro atoms. The van der Waals surface area contributed by atoms with E-state index in [0.29, 0.717) is 16.2 Å². The first kappa shape index (κ1) is 11.7. The number of nitrogens with zero attached hydrogens (tertiary/aromatic N) is 3. The summed E-state index contributed by atoms with van der Waals surface area (Å²) in [5.41, 5.74) is 1.35. The van der Waals surface area contributed by atoms with E-state index < -0.39 is 5.97 Å². The van der Waals surface area contributed by atoms with Gasteiger partial charge in [0.15, 0.2) is 5.69 Å². The highest BCUT2D eigenvalue weighted by Crippen LogP contribution is 2.26. The van der Waals surface area contributed by atoms with Gasteiger partial charge < -0.3 is 5.11 Å². The molecule has 2 heterocycles. The molecule has 0 atom stereocenters. The molecule has 6 heteroatoms. The number of carboxylic acids is 1. The lowest BCUT2D eigenvalue weighted by atomic mass is 10.2. The van der Waals surface area contributed by atoms with E-state index >= 15 is 0 Å². The number of rotatable bonds is 2. The maximum atomic E-state index is 10.9. The first-order valence-corrected chi connectivity index (χ1v) is 5.87. The Bertz CT molecular complexity index is 782. The van der Waals surface area contributed by atoms with Crippen LogP contribution in [0.2, 0.25) is 5.02 Å². The van der Waals surface area contributed by atoms with Crippen molar-refractivity contribution in [2.45, 2.75) is 0 Å². The lowest BCUT2D eigenvalue weighted by Crippen LogP contribution is -2.02. The first-order valence-electron chi connectivity index (χ1n) is 5.49. The van der Waals surface area contributed by atoms with Crippen LogP contribution in [0.4, 0.5) is 0 Å². The molecule has 5 nitrogen and oxygen atoms in total. The number of hydrogen-bond donors (Lipinski definition) is 1. The molecule has 0 saturated heterocycles. The zero-order chi connectivity index (χ0) is 13.4. The lowest BCUT2D eigenvalue weighted by molar-refractivity contribution is 0.0690. The minimum absolute atomic E-state index is 0.0148. The highest BCUT2D eigenvalue weighted by molar-refractivity contribution is 6.35. The smallest absolute Gasteiger partial charge is 0.356 e. The monoisotopic (exact) mass is 273 g/mol. The Labute approximate surface area is 113 Å². The van der Waals surface area contributed by atoms with Gasteiger partial charge in [-0.25, -0.2) is 9.48 Å². The molecule has 1 N–H and O–H groups in total. The second kappa shape index (κ2) is 4.37. The second-order valence-corrected chi connectivity index (χ2v) is 4.32. The Balaban J connectivity index is 2.24. The summed E-state index contributed by atoms with van der Waals surface area (Å²) in [6.45, 7) is 0. The number of carboxylic acid groups (broad SMARTS) is 1. The maximum Gasteiger partial charge on any atom is 0.356 e. The average Bonchev–Trinajstić information content (AvgIpc) is 2.89. The van der Waals surface area contributed by atoms with Gasteiger partial charge in [-0.1, -0.05) is 11.6 Å². The minimum Gasteiger partial charge on any atom is -0.476 e. The Morgan fingerprint density at radius 3 is 2.84 bits per heavy atom. The number of aromatic carboxylic acids is 1. The van der Waals surface area contributed by atoms with Crippen molar-refractivity contribution in [2.75, 3.05) is 0 Å². The lowest BCUT2D eigenvalue weighted by Gasteiger charge is -2.06. The number of pyridine rings is 1. The summed E-state index contributed by atoms with van der Waals surface area (Å²) in [5, 5.41) is 14.3. The molecule has 0 radical (unpaired) electrons. The van der Waals surface area contributed by atoms with Crippen LogP contribution in [0.15, 0.2) is 42.7 Å². The van der Waals surface area contributed by atoms with Gasteiger partial charge in [-0.2, -0.15) is 5.10 Å². The normalized spacial score (nSPS) is 10.8. The fourth-order valence-electron chi connectivity index (χ4n) is 1.88. The van der Waals surface area contributed by atoms with Gasteiger partial charge in [-0.3, -0.25) is 4.98 Å². The molecule has 94 valence electrons. The van der Waals surface area contributed by atoms with Gasteiger partial charge in [0, 0.05) is 17.8 Å². The van der Waals surface area contributed by atoms with Crippen LogP contribution in [-0.4, -0.2) is 25.8 Å². The van der Waals surface area contributed by atoms with Crippen molar-refractivity contribution in [3.63, 3.8) is 0 Å². The third-order valence-corrected chi connectivity index (χ3v) is 3.08. The van der Waals surface area contributed by atoms with Crippen LogP contribution in [0.25, 0.3) is 16.6 Å². The summed E-state index contributed by atoms with van der Waals surface area (Å²) < 4.78 is 1.48. The van der Waals surface area contributed by atoms with E-state index in [1.807, 2.05) is 6.07 Å². The van der Waals surface area contributed by atoms with Crippen molar-refractivity contribution in [1.29, 1.82) is 0 Å². The van der Waals surface area contributed by atoms with Crippen LogP contribution in [0.3, 0.4) is 0 Å². The summed E-state index contributed by atoms with van der Waals surface area (Å²) in [6, 6.07) is 8.59. The molecule has 0 aliphatic rings. The van der Waals surface area contributed by atoms with Crippen LogP contribution >= 0.6 is 11.6 Å². The van der Waals surface area contributed by atoms with Gasteiger partial charge in [-0.15, -0.1) is 0 Å². The van der Waals surface area contributed by atoms with Crippen molar-refractivity contribution in [2.24, 2.45) is 0 Å². The topological polar surface area (TPSA) is 68.0 Å². The Hall–Kier alpha value is -2.40. The van der Waals surface area contributed by atoms with Crippen LogP contribution in [-0.2, 0) is 0 Å². The molecule has 0 saturated carbocycles. The van der Waals surface area contributed by atoms with Crippen LogP contribution < -0.4 is 0 Å². The highest BCUT2D eigenvalue weighted by atomic mass is 35.5. The molecule has 19 heavy (non-hydrogen) atoms.